The van der Waals surface area contributed by atoms with Crippen LogP contribution in [0.3, 0.4) is 0 Å². The Bertz CT molecular complexity index is 70.5. The molecule has 1 aliphatic rings. The van der Waals surface area contributed by atoms with Gasteiger partial charge in [-0.2, -0.15) is 0 Å². The van der Waals surface area contributed by atoms with Crippen molar-refractivity contribution in [2.75, 3.05) is 27.7 Å². The van der Waals surface area contributed by atoms with Crippen LogP contribution in [0.4, 0.5) is 0 Å². The Balaban J connectivity index is 2.20. The van der Waals surface area contributed by atoms with Crippen LogP contribution < -0.4 is 0 Å². The molecule has 0 aromatic carbocycles. The summed E-state index contributed by atoms with van der Waals surface area (Å²) in [7, 11) is 6.34. The van der Waals surface area contributed by atoms with E-state index >= 15 is 0 Å². The van der Waals surface area contributed by atoms with Gasteiger partial charge in [-0.3, -0.25) is 9.80 Å². The van der Waals surface area contributed by atoms with Crippen LogP contribution in [0, 0.1) is 0 Å². The van der Waals surface area contributed by atoms with Gasteiger partial charge in [-0.1, -0.05) is 0 Å². The topological polar surface area (TPSA) is 6.25 Å². The minimum Gasteiger partial charge on any atom is -0.293 e. The van der Waals surface area contributed by atoms with Crippen molar-refractivity contribution in [3.05, 3.63) is 0 Å². The van der Waals surface area contributed by atoms with Crippen molar-refractivity contribution in [2.45, 2.75) is 6.17 Å². The van der Waals surface area contributed by atoms with Gasteiger partial charge in [-0.15, -0.1) is 0 Å². The molecular weight excluding hydrogens is 88.1 g/mol. The van der Waals surface area contributed by atoms with E-state index in [4.69, 9.17) is 0 Å². The fourth-order valence-corrected chi connectivity index (χ4v) is 0.768. The van der Waals surface area contributed by atoms with Gasteiger partial charge < -0.3 is 0 Å². The lowest BCUT2D eigenvalue weighted by Gasteiger charge is -2.05. The van der Waals surface area contributed by atoms with E-state index in [1.54, 1.807) is 0 Å². The molecule has 0 saturated carbocycles. The predicted octanol–water partition coefficient (Wildman–Crippen LogP) is -0.181. The monoisotopic (exact) mass is 100 g/mol. The van der Waals surface area contributed by atoms with E-state index in [2.05, 4.69) is 30.9 Å². The highest BCUT2D eigenvalue weighted by atomic mass is 15.4. The standard InChI is InChI=1S/C5H12N2/c1-6(2)5-4-7(5)3/h5H,4H2,1-3H3. The van der Waals surface area contributed by atoms with Gasteiger partial charge in [-0.05, 0) is 21.1 Å². The first-order valence-corrected chi connectivity index (χ1v) is 2.58. The molecule has 0 radical (unpaired) electrons. The Morgan fingerprint density at radius 1 is 1.57 bits per heavy atom. The minimum absolute atomic E-state index is 0.736. The average Bonchev–Trinajstić information content (AvgIpc) is 2.17. The first-order chi connectivity index (χ1) is 3.22. The molecule has 0 aromatic heterocycles. The highest BCUT2D eigenvalue weighted by molar-refractivity contribution is 4.82. The average molecular weight is 100 g/mol. The van der Waals surface area contributed by atoms with Crippen molar-refractivity contribution in [3.8, 4) is 0 Å². The zero-order chi connectivity index (χ0) is 5.44. The molecule has 2 atom stereocenters. The predicted molar refractivity (Wildman–Crippen MR) is 30.1 cm³/mol. The number of rotatable bonds is 1. The van der Waals surface area contributed by atoms with E-state index in [1.807, 2.05) is 0 Å². The second kappa shape index (κ2) is 1.46. The van der Waals surface area contributed by atoms with Gasteiger partial charge in [0.05, 0.1) is 6.17 Å². The number of hydrogen-bond donors (Lipinski definition) is 0. The Morgan fingerprint density at radius 3 is 2.00 bits per heavy atom. The minimum atomic E-state index is 0.736. The summed E-state index contributed by atoms with van der Waals surface area (Å²) in [5.41, 5.74) is 0. The molecule has 2 unspecified atom stereocenters. The first kappa shape index (κ1) is 5.06. The van der Waals surface area contributed by atoms with E-state index in [0.717, 1.165) is 6.17 Å². The molecule has 0 bridgehead atoms. The maximum Gasteiger partial charge on any atom is 0.0747 e. The third-order valence-corrected chi connectivity index (χ3v) is 1.42. The maximum atomic E-state index is 2.29. The van der Waals surface area contributed by atoms with Crippen LogP contribution in [-0.2, 0) is 0 Å². The summed E-state index contributed by atoms with van der Waals surface area (Å²) in [5.74, 6) is 0. The number of likely N-dealkylation sites (N-methyl/N-ethyl adjacent to an activating group) is 2. The van der Waals surface area contributed by atoms with Crippen molar-refractivity contribution in [2.24, 2.45) is 0 Å². The van der Waals surface area contributed by atoms with Gasteiger partial charge in [0.25, 0.3) is 0 Å². The largest absolute Gasteiger partial charge is 0.293 e. The molecule has 1 aliphatic heterocycles. The lowest BCUT2D eigenvalue weighted by atomic mass is 10.7. The van der Waals surface area contributed by atoms with Gasteiger partial charge >= 0.3 is 0 Å². The highest BCUT2D eigenvalue weighted by Crippen LogP contribution is 2.13. The molecule has 7 heavy (non-hydrogen) atoms. The first-order valence-electron chi connectivity index (χ1n) is 2.58. The molecule has 2 heteroatoms. The number of hydrogen-bond acceptors (Lipinski definition) is 2. The van der Waals surface area contributed by atoms with Crippen molar-refractivity contribution in [1.29, 1.82) is 0 Å². The van der Waals surface area contributed by atoms with Gasteiger partial charge in [0.1, 0.15) is 0 Å². The lowest BCUT2D eigenvalue weighted by molar-refractivity contribution is 0.335. The van der Waals surface area contributed by atoms with Crippen molar-refractivity contribution < 1.29 is 0 Å². The molecule has 2 nitrogen and oxygen atoms in total. The molecular formula is C5H12N2. The summed E-state index contributed by atoms with van der Waals surface area (Å²) in [4.78, 5) is 4.51. The van der Waals surface area contributed by atoms with E-state index in [0.29, 0.717) is 0 Å². The fourth-order valence-electron chi connectivity index (χ4n) is 0.768. The molecule has 0 amide bonds. The molecule has 1 heterocycles. The smallest absolute Gasteiger partial charge is 0.0747 e. The Hall–Kier alpha value is -0.0800. The van der Waals surface area contributed by atoms with E-state index < -0.39 is 0 Å². The maximum absolute atomic E-state index is 2.29. The van der Waals surface area contributed by atoms with Gasteiger partial charge in [0, 0.05) is 6.54 Å². The fraction of sp³-hybridized carbons (Fsp3) is 1.00. The second-order valence-corrected chi connectivity index (χ2v) is 2.38. The molecule has 1 rings (SSSR count). The van der Waals surface area contributed by atoms with Crippen LogP contribution in [0.25, 0.3) is 0 Å². The summed E-state index contributed by atoms with van der Waals surface area (Å²) in [5, 5.41) is 0. The number of nitrogens with zero attached hydrogens (tertiary/aromatic N) is 2. The summed E-state index contributed by atoms with van der Waals surface area (Å²) in [6, 6.07) is 0. The molecule has 0 N–H and O–H groups in total. The zero-order valence-electron chi connectivity index (χ0n) is 5.18. The summed E-state index contributed by atoms with van der Waals surface area (Å²) in [6.45, 7) is 1.24. The van der Waals surface area contributed by atoms with Gasteiger partial charge in [-0.25, -0.2) is 0 Å². The van der Waals surface area contributed by atoms with Crippen LogP contribution >= 0.6 is 0 Å². The SMILES string of the molecule is CN(C)C1CN1C. The highest BCUT2D eigenvalue weighted by Gasteiger charge is 2.30. The normalized spacial score (nSPS) is 39.4. The molecule has 1 saturated heterocycles. The zero-order valence-corrected chi connectivity index (χ0v) is 5.18. The van der Waals surface area contributed by atoms with Crippen LogP contribution in [0.2, 0.25) is 0 Å². The van der Waals surface area contributed by atoms with Crippen molar-refractivity contribution in [3.63, 3.8) is 0 Å². The molecule has 42 valence electrons. The van der Waals surface area contributed by atoms with Crippen LogP contribution in [0.15, 0.2) is 0 Å². The van der Waals surface area contributed by atoms with Gasteiger partial charge in [0.15, 0.2) is 0 Å². The van der Waals surface area contributed by atoms with Crippen molar-refractivity contribution >= 4 is 0 Å². The summed E-state index contributed by atoms with van der Waals surface area (Å²) >= 11 is 0. The summed E-state index contributed by atoms with van der Waals surface area (Å²) in [6.07, 6.45) is 0.736. The third kappa shape index (κ3) is 0.924. The van der Waals surface area contributed by atoms with Crippen LogP contribution in [0.1, 0.15) is 0 Å². The molecule has 0 spiro atoms. The third-order valence-electron chi connectivity index (χ3n) is 1.42. The Kier molecular flexibility index (Phi) is 1.05. The van der Waals surface area contributed by atoms with E-state index in [9.17, 15) is 0 Å². The Morgan fingerprint density at radius 2 is 2.00 bits per heavy atom. The molecule has 0 aliphatic carbocycles. The quantitative estimate of drug-likeness (QED) is 0.422. The van der Waals surface area contributed by atoms with Crippen LogP contribution in [-0.4, -0.2) is 43.7 Å². The van der Waals surface area contributed by atoms with E-state index in [1.165, 1.54) is 6.54 Å². The van der Waals surface area contributed by atoms with Crippen molar-refractivity contribution in [1.82, 2.24) is 9.80 Å². The molecule has 1 fully saturated rings. The van der Waals surface area contributed by atoms with E-state index in [-0.39, 0.29) is 0 Å². The Labute approximate surface area is 44.7 Å². The molecule has 0 aromatic rings. The van der Waals surface area contributed by atoms with Crippen LogP contribution in [0.5, 0.6) is 0 Å². The second-order valence-electron chi connectivity index (χ2n) is 2.38. The summed E-state index contributed by atoms with van der Waals surface area (Å²) < 4.78 is 0. The lowest BCUT2D eigenvalue weighted by Crippen LogP contribution is -2.18. The van der Waals surface area contributed by atoms with Gasteiger partial charge in [0.2, 0.25) is 0 Å².